The van der Waals surface area contributed by atoms with Crippen molar-refractivity contribution in [2.75, 3.05) is 19.8 Å². The molecule has 2 aromatic carbocycles. The lowest BCUT2D eigenvalue weighted by atomic mass is 9.94. The number of carboxylic acids is 1. The van der Waals surface area contributed by atoms with Crippen molar-refractivity contribution in [2.24, 2.45) is 0 Å². The third-order valence-electron chi connectivity index (χ3n) is 4.81. The van der Waals surface area contributed by atoms with Crippen molar-refractivity contribution in [3.8, 4) is 11.5 Å². The normalized spacial score (nSPS) is 15.3. The molecule has 4 rings (SSSR count). The number of carbonyl (C=O) groups is 2. The lowest BCUT2D eigenvalue weighted by molar-refractivity contribution is -0.131. The van der Waals surface area contributed by atoms with Gasteiger partial charge >= 0.3 is 5.97 Å². The van der Waals surface area contributed by atoms with E-state index in [-0.39, 0.29) is 12.3 Å². The van der Waals surface area contributed by atoms with E-state index in [1.807, 2.05) is 24.3 Å². The lowest BCUT2D eigenvalue weighted by Crippen LogP contribution is -2.37. The van der Waals surface area contributed by atoms with Crippen molar-refractivity contribution in [3.63, 3.8) is 0 Å². The molecular formula is C20H19NO5. The van der Waals surface area contributed by atoms with Crippen LogP contribution in [-0.2, 0) is 24.2 Å². The van der Waals surface area contributed by atoms with Crippen LogP contribution < -0.4 is 9.47 Å². The summed E-state index contributed by atoms with van der Waals surface area (Å²) in [5.41, 5.74) is 2.96. The van der Waals surface area contributed by atoms with E-state index in [1.54, 1.807) is 17.0 Å². The second-order valence-electron chi connectivity index (χ2n) is 6.47. The molecule has 1 N–H and O–H groups in total. The van der Waals surface area contributed by atoms with Crippen LogP contribution in [0.25, 0.3) is 0 Å². The second kappa shape index (κ2) is 6.71. The first-order valence-electron chi connectivity index (χ1n) is 8.62. The predicted molar refractivity (Wildman–Crippen MR) is 93.7 cm³/mol. The van der Waals surface area contributed by atoms with E-state index < -0.39 is 5.97 Å². The third-order valence-corrected chi connectivity index (χ3v) is 4.81. The molecule has 2 heterocycles. The highest BCUT2D eigenvalue weighted by Gasteiger charge is 2.24. The number of carbonyl (C=O) groups excluding carboxylic acids is 1. The van der Waals surface area contributed by atoms with Gasteiger partial charge in [0.25, 0.3) is 0 Å². The van der Waals surface area contributed by atoms with Crippen LogP contribution >= 0.6 is 0 Å². The summed E-state index contributed by atoms with van der Waals surface area (Å²) in [5, 5.41) is 9.30. The first-order valence-corrected chi connectivity index (χ1v) is 8.62. The van der Waals surface area contributed by atoms with Gasteiger partial charge in [0.2, 0.25) is 5.91 Å². The van der Waals surface area contributed by atoms with Crippen LogP contribution in [0.3, 0.4) is 0 Å². The zero-order chi connectivity index (χ0) is 18.1. The topological polar surface area (TPSA) is 76.1 Å². The summed E-state index contributed by atoms with van der Waals surface area (Å²) in [6.07, 6.45) is 0.843. The Bertz CT molecular complexity index is 877. The number of hydrogen-bond acceptors (Lipinski definition) is 4. The molecule has 1 amide bonds. The number of hydrogen-bond donors (Lipinski definition) is 1. The molecule has 0 radical (unpaired) electrons. The fraction of sp³-hybridized carbons (Fsp3) is 0.300. The minimum Gasteiger partial charge on any atom is -0.486 e. The maximum absolute atomic E-state index is 12.7. The Morgan fingerprint density at radius 3 is 2.69 bits per heavy atom. The minimum atomic E-state index is -0.919. The molecule has 2 aromatic rings. The maximum Gasteiger partial charge on any atom is 0.335 e. The molecule has 0 saturated heterocycles. The van der Waals surface area contributed by atoms with Crippen LogP contribution in [0.4, 0.5) is 0 Å². The summed E-state index contributed by atoms with van der Waals surface area (Å²) < 4.78 is 11.1. The fourth-order valence-electron chi connectivity index (χ4n) is 3.51. The van der Waals surface area contributed by atoms with Gasteiger partial charge in [-0.15, -0.1) is 0 Å². The third kappa shape index (κ3) is 3.10. The van der Waals surface area contributed by atoms with Gasteiger partial charge in [-0.25, -0.2) is 4.79 Å². The molecule has 0 bridgehead atoms. The van der Waals surface area contributed by atoms with E-state index in [1.165, 1.54) is 0 Å². The second-order valence-corrected chi connectivity index (χ2v) is 6.47. The molecule has 0 aromatic heterocycles. The average Bonchev–Trinajstić information content (AvgIpc) is 2.66. The van der Waals surface area contributed by atoms with Crippen molar-refractivity contribution in [1.29, 1.82) is 0 Å². The molecule has 6 nitrogen and oxygen atoms in total. The van der Waals surface area contributed by atoms with Crippen molar-refractivity contribution in [1.82, 2.24) is 4.90 Å². The van der Waals surface area contributed by atoms with Crippen LogP contribution in [0.15, 0.2) is 36.4 Å². The zero-order valence-electron chi connectivity index (χ0n) is 14.2. The van der Waals surface area contributed by atoms with Crippen molar-refractivity contribution >= 4 is 11.9 Å². The summed E-state index contributed by atoms with van der Waals surface area (Å²) in [4.78, 5) is 25.8. The Hall–Kier alpha value is -3.02. The molecule has 134 valence electrons. The van der Waals surface area contributed by atoms with Crippen LogP contribution in [0.5, 0.6) is 11.5 Å². The molecule has 0 fully saturated rings. The highest BCUT2D eigenvalue weighted by Crippen LogP contribution is 2.31. The van der Waals surface area contributed by atoms with E-state index >= 15 is 0 Å². The first kappa shape index (κ1) is 16.4. The van der Waals surface area contributed by atoms with Gasteiger partial charge in [0, 0.05) is 13.1 Å². The van der Waals surface area contributed by atoms with Crippen LogP contribution in [0, 0.1) is 0 Å². The number of benzene rings is 2. The first-order chi connectivity index (χ1) is 12.6. The quantitative estimate of drug-likeness (QED) is 0.916. The number of nitrogens with zero attached hydrogens (tertiary/aromatic N) is 1. The SMILES string of the molecule is O=C(O)c1cccc2c1CCN(C(=O)Cc1ccc3c(c1)OCCO3)C2. The Labute approximate surface area is 151 Å². The van der Waals surface area contributed by atoms with E-state index in [2.05, 4.69) is 0 Å². The van der Waals surface area contributed by atoms with Crippen molar-refractivity contribution < 1.29 is 24.2 Å². The highest BCUT2D eigenvalue weighted by atomic mass is 16.6. The summed E-state index contributed by atoms with van der Waals surface area (Å²) >= 11 is 0. The Kier molecular flexibility index (Phi) is 4.24. The summed E-state index contributed by atoms with van der Waals surface area (Å²) in [6.45, 7) is 2.02. The van der Waals surface area contributed by atoms with Gasteiger partial charge in [-0.1, -0.05) is 18.2 Å². The van der Waals surface area contributed by atoms with Gasteiger partial charge in [0.15, 0.2) is 11.5 Å². The molecule has 2 aliphatic heterocycles. The molecule has 0 saturated carbocycles. The fourth-order valence-corrected chi connectivity index (χ4v) is 3.51. The lowest BCUT2D eigenvalue weighted by Gasteiger charge is -2.30. The van der Waals surface area contributed by atoms with Crippen molar-refractivity contribution in [3.05, 3.63) is 58.7 Å². The van der Waals surface area contributed by atoms with E-state index in [0.29, 0.717) is 49.8 Å². The number of rotatable bonds is 3. The number of carboxylic acid groups (broad SMARTS) is 1. The number of fused-ring (bicyclic) bond motifs is 2. The Morgan fingerprint density at radius 1 is 1.08 bits per heavy atom. The summed E-state index contributed by atoms with van der Waals surface area (Å²) in [5.74, 6) is 0.489. The molecule has 26 heavy (non-hydrogen) atoms. The van der Waals surface area contributed by atoms with Gasteiger partial charge in [-0.05, 0) is 41.3 Å². The van der Waals surface area contributed by atoms with Gasteiger partial charge in [0.05, 0.1) is 12.0 Å². The summed E-state index contributed by atoms with van der Waals surface area (Å²) in [6, 6.07) is 10.8. The monoisotopic (exact) mass is 353 g/mol. The standard InChI is InChI=1S/C20H19NO5/c22-19(11-13-4-5-17-18(10-13)26-9-8-25-17)21-7-6-15-14(12-21)2-1-3-16(15)20(23)24/h1-5,10H,6-9,11-12H2,(H,23,24). The predicted octanol–water partition coefficient (Wildman–Crippen LogP) is 2.28. The smallest absolute Gasteiger partial charge is 0.335 e. The molecule has 0 aliphatic carbocycles. The minimum absolute atomic E-state index is 0.0213. The van der Waals surface area contributed by atoms with E-state index in [0.717, 1.165) is 16.7 Å². The van der Waals surface area contributed by atoms with Gasteiger partial charge in [0.1, 0.15) is 13.2 Å². The van der Waals surface area contributed by atoms with Crippen LogP contribution in [-0.4, -0.2) is 41.6 Å². The van der Waals surface area contributed by atoms with Gasteiger partial charge in [-0.3, -0.25) is 4.79 Å². The average molecular weight is 353 g/mol. The largest absolute Gasteiger partial charge is 0.486 e. The molecule has 0 unspecified atom stereocenters. The van der Waals surface area contributed by atoms with Crippen LogP contribution in [0.2, 0.25) is 0 Å². The number of ether oxygens (including phenoxy) is 2. The molecule has 0 spiro atoms. The van der Waals surface area contributed by atoms with Gasteiger partial charge < -0.3 is 19.5 Å². The zero-order valence-corrected chi connectivity index (χ0v) is 14.2. The maximum atomic E-state index is 12.7. The molecular weight excluding hydrogens is 334 g/mol. The van der Waals surface area contributed by atoms with Crippen LogP contribution in [0.1, 0.15) is 27.0 Å². The van der Waals surface area contributed by atoms with Crippen molar-refractivity contribution in [2.45, 2.75) is 19.4 Å². The van der Waals surface area contributed by atoms with E-state index in [4.69, 9.17) is 9.47 Å². The Balaban J connectivity index is 1.48. The highest BCUT2D eigenvalue weighted by molar-refractivity contribution is 5.90. The molecule has 6 heteroatoms. The van der Waals surface area contributed by atoms with Gasteiger partial charge in [-0.2, -0.15) is 0 Å². The molecule has 0 atom stereocenters. The molecule has 2 aliphatic rings. The van der Waals surface area contributed by atoms with E-state index in [9.17, 15) is 14.7 Å². The number of amides is 1. The number of aromatic carboxylic acids is 1. The summed E-state index contributed by atoms with van der Waals surface area (Å²) in [7, 11) is 0. The Morgan fingerprint density at radius 2 is 1.88 bits per heavy atom.